The lowest BCUT2D eigenvalue weighted by Crippen LogP contribution is -2.59. The number of carbonyl (C=O) groups excluding carboxylic acids is 1. The molecule has 2 atom stereocenters. The van der Waals surface area contributed by atoms with E-state index >= 15 is 0 Å². The number of rotatable bonds is 6. The number of benzene rings is 1. The van der Waals surface area contributed by atoms with Gasteiger partial charge in [-0.25, -0.2) is 8.42 Å². The van der Waals surface area contributed by atoms with Crippen molar-refractivity contribution < 1.29 is 13.2 Å². The molecule has 2 fully saturated rings. The molecule has 2 saturated heterocycles. The minimum Gasteiger partial charge on any atom is -0.337 e. The zero-order valence-corrected chi connectivity index (χ0v) is 16.0. The number of hydrogen-bond acceptors (Lipinski definition) is 3. The van der Waals surface area contributed by atoms with Crippen molar-refractivity contribution in [3.05, 3.63) is 29.8 Å². The molecule has 0 bridgehead atoms. The minimum atomic E-state index is -3.64. The first-order valence-corrected chi connectivity index (χ1v) is 10.8. The molecule has 0 aliphatic carbocycles. The predicted molar refractivity (Wildman–Crippen MR) is 97.8 cm³/mol. The summed E-state index contributed by atoms with van der Waals surface area (Å²) in [6, 6.07) is 6.60. The maximum Gasteiger partial charge on any atom is 0.243 e. The van der Waals surface area contributed by atoms with Crippen molar-refractivity contribution in [3.63, 3.8) is 0 Å². The van der Waals surface area contributed by atoms with Crippen LogP contribution in [0.2, 0.25) is 0 Å². The van der Waals surface area contributed by atoms with Crippen LogP contribution in [-0.2, 0) is 21.2 Å². The second kappa shape index (κ2) is 7.46. The van der Waals surface area contributed by atoms with Crippen LogP contribution in [0.25, 0.3) is 0 Å². The van der Waals surface area contributed by atoms with E-state index in [0.717, 1.165) is 37.8 Å². The van der Waals surface area contributed by atoms with E-state index in [1.807, 2.05) is 17.0 Å². The number of unbranched alkanes of at least 4 members (excludes halogenated alkanes) is 2. The predicted octanol–water partition coefficient (Wildman–Crippen LogP) is 2.80. The van der Waals surface area contributed by atoms with Crippen LogP contribution < -0.4 is 0 Å². The van der Waals surface area contributed by atoms with E-state index in [2.05, 4.69) is 6.92 Å². The number of carbonyl (C=O) groups is 1. The number of sulfonamides is 1. The van der Waals surface area contributed by atoms with E-state index in [0.29, 0.717) is 6.54 Å². The van der Waals surface area contributed by atoms with Gasteiger partial charge in [0.2, 0.25) is 15.9 Å². The van der Waals surface area contributed by atoms with Gasteiger partial charge in [0.05, 0.1) is 4.90 Å². The molecule has 2 heterocycles. The van der Waals surface area contributed by atoms with E-state index in [9.17, 15) is 13.2 Å². The highest BCUT2D eigenvalue weighted by molar-refractivity contribution is 7.89. The molecule has 2 aliphatic heterocycles. The largest absolute Gasteiger partial charge is 0.337 e. The van der Waals surface area contributed by atoms with Crippen LogP contribution >= 0.6 is 0 Å². The lowest BCUT2D eigenvalue weighted by Gasteiger charge is -2.40. The molecule has 0 saturated carbocycles. The molecule has 0 radical (unpaired) electrons. The quantitative estimate of drug-likeness (QED) is 0.729. The van der Waals surface area contributed by atoms with Crippen LogP contribution in [0.3, 0.4) is 0 Å². The Bertz CT molecular complexity index is 715. The first kappa shape index (κ1) is 18.4. The summed E-state index contributed by atoms with van der Waals surface area (Å²) in [4.78, 5) is 14.7. The first-order valence-electron chi connectivity index (χ1n) is 9.36. The Morgan fingerprint density at radius 1 is 1.16 bits per heavy atom. The van der Waals surface area contributed by atoms with Gasteiger partial charge in [-0.3, -0.25) is 4.79 Å². The molecule has 1 amide bonds. The lowest BCUT2D eigenvalue weighted by atomic mass is 10.1. The zero-order chi connectivity index (χ0) is 18.0. The molecule has 25 heavy (non-hydrogen) atoms. The fourth-order valence-corrected chi connectivity index (χ4v) is 5.52. The second-order valence-corrected chi connectivity index (χ2v) is 9.07. The molecule has 5 nitrogen and oxygen atoms in total. The molecular formula is C19H28N2O3S. The van der Waals surface area contributed by atoms with Gasteiger partial charge in [0.25, 0.3) is 0 Å². The van der Waals surface area contributed by atoms with Crippen LogP contribution in [0.4, 0.5) is 0 Å². The van der Waals surface area contributed by atoms with Crippen molar-refractivity contribution in [3.8, 4) is 0 Å². The van der Waals surface area contributed by atoms with Crippen LogP contribution in [0.1, 0.15) is 51.5 Å². The van der Waals surface area contributed by atoms with Crippen molar-refractivity contribution >= 4 is 15.9 Å². The van der Waals surface area contributed by atoms with Crippen molar-refractivity contribution in [2.24, 2.45) is 0 Å². The third kappa shape index (κ3) is 3.60. The molecule has 138 valence electrons. The number of nitrogens with zero attached hydrogens (tertiary/aromatic N) is 2. The summed E-state index contributed by atoms with van der Waals surface area (Å²) < 4.78 is 27.5. The molecular weight excluding hydrogens is 336 g/mol. The number of hydrogen-bond donors (Lipinski definition) is 0. The van der Waals surface area contributed by atoms with E-state index in [1.54, 1.807) is 19.1 Å². The van der Waals surface area contributed by atoms with Crippen molar-refractivity contribution in [1.82, 2.24) is 9.21 Å². The molecule has 1 aromatic rings. The Labute approximate surface area is 151 Å². The number of piperazine rings is 1. The Balaban J connectivity index is 1.77. The molecule has 0 spiro atoms. The van der Waals surface area contributed by atoms with Crippen molar-refractivity contribution in [2.45, 2.75) is 69.4 Å². The molecule has 1 aromatic carbocycles. The fourth-order valence-electron chi connectivity index (χ4n) is 3.89. The molecule has 6 heteroatoms. The summed E-state index contributed by atoms with van der Waals surface area (Å²) in [6.07, 6.45) is 6.31. The van der Waals surface area contributed by atoms with Gasteiger partial charge < -0.3 is 4.90 Å². The standard InChI is InChI=1S/C19H28N2O3S/c1-3-4-5-7-16-9-11-18(12-10-16)25(23,24)21-14-17-8-6-13-20(17)19(22)15(21)2/h9-12,15,17H,3-8,13-14H2,1-2H3/t15-,17+/m1/s1. The molecule has 0 N–H and O–H groups in total. The van der Waals surface area contributed by atoms with Crippen LogP contribution in [0, 0.1) is 0 Å². The van der Waals surface area contributed by atoms with Crippen molar-refractivity contribution in [1.29, 1.82) is 0 Å². The third-order valence-electron chi connectivity index (χ3n) is 5.44. The maximum absolute atomic E-state index is 13.1. The van der Waals surface area contributed by atoms with E-state index in [-0.39, 0.29) is 16.8 Å². The summed E-state index contributed by atoms with van der Waals surface area (Å²) in [6.45, 7) is 5.04. The monoisotopic (exact) mass is 364 g/mol. The molecule has 0 unspecified atom stereocenters. The Morgan fingerprint density at radius 2 is 1.88 bits per heavy atom. The normalized spacial score (nSPS) is 24.6. The van der Waals surface area contributed by atoms with Crippen LogP contribution in [-0.4, -0.2) is 48.7 Å². The Kier molecular flexibility index (Phi) is 5.49. The highest BCUT2D eigenvalue weighted by Gasteiger charge is 2.45. The van der Waals surface area contributed by atoms with Gasteiger partial charge >= 0.3 is 0 Å². The lowest BCUT2D eigenvalue weighted by molar-refractivity contribution is -0.139. The second-order valence-electron chi connectivity index (χ2n) is 7.18. The minimum absolute atomic E-state index is 0.0341. The highest BCUT2D eigenvalue weighted by Crippen LogP contribution is 2.30. The molecule has 3 rings (SSSR count). The summed E-state index contributed by atoms with van der Waals surface area (Å²) in [7, 11) is -3.64. The summed E-state index contributed by atoms with van der Waals surface area (Å²) >= 11 is 0. The SMILES string of the molecule is CCCCCc1ccc(S(=O)(=O)N2C[C@@H]3CCCN3C(=O)[C@H]2C)cc1. The van der Waals surface area contributed by atoms with Crippen LogP contribution in [0.5, 0.6) is 0 Å². The smallest absolute Gasteiger partial charge is 0.243 e. The van der Waals surface area contributed by atoms with Gasteiger partial charge in [0.1, 0.15) is 6.04 Å². The molecule has 2 aliphatic rings. The average Bonchev–Trinajstić information content (AvgIpc) is 3.07. The third-order valence-corrected chi connectivity index (χ3v) is 7.39. The van der Waals surface area contributed by atoms with Crippen molar-refractivity contribution in [2.75, 3.05) is 13.1 Å². The summed E-state index contributed by atoms with van der Waals surface area (Å²) in [5.74, 6) is -0.0616. The fraction of sp³-hybridized carbons (Fsp3) is 0.632. The van der Waals surface area contributed by atoms with Gasteiger partial charge in [-0.2, -0.15) is 4.31 Å². The van der Waals surface area contributed by atoms with Gasteiger partial charge in [-0.1, -0.05) is 31.9 Å². The molecule has 0 aromatic heterocycles. The van der Waals surface area contributed by atoms with E-state index in [4.69, 9.17) is 0 Å². The number of fused-ring (bicyclic) bond motifs is 1. The summed E-state index contributed by atoms with van der Waals surface area (Å²) in [5.41, 5.74) is 1.16. The first-order chi connectivity index (χ1) is 11.9. The maximum atomic E-state index is 13.1. The topological polar surface area (TPSA) is 57.7 Å². The summed E-state index contributed by atoms with van der Waals surface area (Å²) in [5, 5.41) is 0. The van der Waals surface area contributed by atoms with E-state index in [1.165, 1.54) is 17.1 Å². The van der Waals surface area contributed by atoms with E-state index < -0.39 is 16.1 Å². The Morgan fingerprint density at radius 3 is 2.56 bits per heavy atom. The van der Waals surface area contributed by atoms with Gasteiger partial charge in [0.15, 0.2) is 0 Å². The van der Waals surface area contributed by atoms with Gasteiger partial charge in [-0.05, 0) is 50.3 Å². The Hall–Kier alpha value is -1.40. The average molecular weight is 365 g/mol. The number of amides is 1. The number of aryl methyl sites for hydroxylation is 1. The van der Waals surface area contributed by atoms with Crippen LogP contribution in [0.15, 0.2) is 29.2 Å². The van der Waals surface area contributed by atoms with Gasteiger partial charge in [-0.15, -0.1) is 0 Å². The van der Waals surface area contributed by atoms with Gasteiger partial charge in [0, 0.05) is 19.1 Å². The zero-order valence-electron chi connectivity index (χ0n) is 15.1. The highest BCUT2D eigenvalue weighted by atomic mass is 32.2.